The molecule has 0 unspecified atom stereocenters. The maximum atomic E-state index is 11.7. The number of hydrogen-bond donors (Lipinski definition) is 2. The zero-order valence-corrected chi connectivity index (χ0v) is 12.6. The Kier molecular flexibility index (Phi) is 5.12. The topological polar surface area (TPSA) is 54.0 Å². The number of nitrogens with zero attached hydrogens (tertiary/aromatic N) is 1. The monoisotopic (exact) mass is 289 g/mol. The minimum absolute atomic E-state index is 0.137. The minimum Gasteiger partial charge on any atom is -0.380 e. The number of hydrogen-bond acceptors (Lipinski definition) is 4. The second kappa shape index (κ2) is 7.05. The van der Waals surface area contributed by atoms with Crippen molar-refractivity contribution in [3.63, 3.8) is 0 Å². The summed E-state index contributed by atoms with van der Waals surface area (Å²) in [5, 5.41) is 8.21. The number of nitrogens with one attached hydrogen (secondary N) is 2. The van der Waals surface area contributed by atoms with Crippen molar-refractivity contribution >= 4 is 22.9 Å². The van der Waals surface area contributed by atoms with Crippen molar-refractivity contribution in [1.29, 1.82) is 0 Å². The molecular formula is C15H19N3OS. The van der Waals surface area contributed by atoms with Gasteiger partial charge < -0.3 is 10.6 Å². The van der Waals surface area contributed by atoms with Crippen LogP contribution < -0.4 is 10.6 Å². The summed E-state index contributed by atoms with van der Waals surface area (Å²) in [7, 11) is 0. The number of anilines is 1. The third kappa shape index (κ3) is 3.57. The molecule has 1 amide bonds. The summed E-state index contributed by atoms with van der Waals surface area (Å²) in [6.07, 6.45) is 2.70. The summed E-state index contributed by atoms with van der Waals surface area (Å²) in [5.41, 5.74) is 2.73. The first-order valence-corrected chi connectivity index (χ1v) is 7.66. The van der Waals surface area contributed by atoms with E-state index >= 15 is 0 Å². The number of thiophene rings is 1. The number of aromatic nitrogens is 1. The van der Waals surface area contributed by atoms with Crippen LogP contribution in [0, 0.1) is 0 Å². The van der Waals surface area contributed by atoms with Gasteiger partial charge in [-0.15, -0.1) is 11.3 Å². The Hall–Kier alpha value is -1.88. The average molecular weight is 289 g/mol. The Labute approximate surface area is 123 Å². The summed E-state index contributed by atoms with van der Waals surface area (Å²) < 4.78 is 0. The molecule has 0 radical (unpaired) electrons. The van der Waals surface area contributed by atoms with Crippen LogP contribution in [0.25, 0.3) is 0 Å². The number of carbonyl (C=O) groups excluding carboxylic acids is 1. The summed E-state index contributed by atoms with van der Waals surface area (Å²) >= 11 is 1.75. The summed E-state index contributed by atoms with van der Waals surface area (Å²) in [6.45, 7) is 5.43. The lowest BCUT2D eigenvalue weighted by Gasteiger charge is -2.08. The lowest BCUT2D eigenvalue weighted by atomic mass is 10.2. The lowest BCUT2D eigenvalue weighted by Crippen LogP contribution is -2.23. The fourth-order valence-corrected chi connectivity index (χ4v) is 2.85. The molecule has 0 aliphatic heterocycles. The van der Waals surface area contributed by atoms with E-state index in [-0.39, 0.29) is 5.91 Å². The quantitative estimate of drug-likeness (QED) is 0.859. The molecule has 106 valence electrons. The van der Waals surface area contributed by atoms with Gasteiger partial charge in [-0.1, -0.05) is 6.92 Å². The van der Waals surface area contributed by atoms with E-state index in [0.717, 1.165) is 18.7 Å². The van der Waals surface area contributed by atoms with Crippen molar-refractivity contribution in [1.82, 2.24) is 10.3 Å². The Balaban J connectivity index is 2.03. The van der Waals surface area contributed by atoms with Crippen LogP contribution >= 0.6 is 11.3 Å². The molecule has 2 N–H and O–H groups in total. The molecule has 5 heteroatoms. The van der Waals surface area contributed by atoms with Crippen molar-refractivity contribution in [2.45, 2.75) is 26.8 Å². The largest absolute Gasteiger partial charge is 0.380 e. The van der Waals surface area contributed by atoms with Gasteiger partial charge in [0.05, 0.1) is 0 Å². The van der Waals surface area contributed by atoms with Crippen molar-refractivity contribution in [3.05, 3.63) is 45.9 Å². The van der Waals surface area contributed by atoms with Crippen LogP contribution in [0.2, 0.25) is 0 Å². The maximum Gasteiger partial charge on any atom is 0.269 e. The van der Waals surface area contributed by atoms with Gasteiger partial charge in [0.25, 0.3) is 5.91 Å². The smallest absolute Gasteiger partial charge is 0.269 e. The molecule has 20 heavy (non-hydrogen) atoms. The molecule has 0 saturated heterocycles. The van der Waals surface area contributed by atoms with Gasteiger partial charge in [0, 0.05) is 29.9 Å². The number of carbonyl (C=O) groups is 1. The van der Waals surface area contributed by atoms with Gasteiger partial charge in [0.2, 0.25) is 0 Å². The third-order valence-corrected chi connectivity index (χ3v) is 3.96. The van der Waals surface area contributed by atoms with Crippen molar-refractivity contribution in [3.8, 4) is 0 Å². The fraction of sp³-hybridized carbons (Fsp3) is 0.333. The molecule has 2 rings (SSSR count). The molecule has 2 aromatic rings. The van der Waals surface area contributed by atoms with Crippen LogP contribution in [0.1, 0.15) is 34.8 Å². The van der Waals surface area contributed by atoms with Gasteiger partial charge in [0.1, 0.15) is 5.69 Å². The van der Waals surface area contributed by atoms with Gasteiger partial charge in [-0.2, -0.15) is 0 Å². The molecule has 4 nitrogen and oxygen atoms in total. The SMILES string of the molecule is CCNC(=O)c1cc(NCc2sccc2CC)ccn1. The fourth-order valence-electron chi connectivity index (χ4n) is 1.94. The standard InChI is InChI=1S/C15H19N3OS/c1-3-11-6-8-20-14(11)10-18-12-5-7-17-13(9-12)15(19)16-4-2/h5-9H,3-4,10H2,1-2H3,(H,16,19)(H,17,18). The molecule has 0 fully saturated rings. The van der Waals surface area contributed by atoms with Crippen LogP contribution in [-0.2, 0) is 13.0 Å². The first kappa shape index (κ1) is 14.5. The molecule has 2 heterocycles. The molecule has 0 spiro atoms. The van der Waals surface area contributed by atoms with E-state index in [1.807, 2.05) is 13.0 Å². The first-order chi connectivity index (χ1) is 9.74. The van der Waals surface area contributed by atoms with Crippen molar-refractivity contribution in [2.75, 3.05) is 11.9 Å². The third-order valence-electron chi connectivity index (χ3n) is 3.00. The highest BCUT2D eigenvalue weighted by molar-refractivity contribution is 7.10. The van der Waals surface area contributed by atoms with Crippen LogP contribution in [-0.4, -0.2) is 17.4 Å². The number of aryl methyl sites for hydroxylation is 1. The van der Waals surface area contributed by atoms with Crippen LogP contribution in [0.3, 0.4) is 0 Å². The summed E-state index contributed by atoms with van der Waals surface area (Å²) in [6, 6.07) is 5.82. The second-order valence-electron chi connectivity index (χ2n) is 4.37. The van der Waals surface area contributed by atoms with E-state index < -0.39 is 0 Å². The minimum atomic E-state index is -0.137. The Bertz CT molecular complexity index is 580. The average Bonchev–Trinajstić information content (AvgIpc) is 2.93. The van der Waals surface area contributed by atoms with Gasteiger partial charge in [0.15, 0.2) is 0 Å². The highest BCUT2D eigenvalue weighted by Gasteiger charge is 2.07. The molecule has 0 aliphatic carbocycles. The predicted molar refractivity (Wildman–Crippen MR) is 83.3 cm³/mol. The normalized spacial score (nSPS) is 10.3. The highest BCUT2D eigenvalue weighted by Crippen LogP contribution is 2.19. The summed E-state index contributed by atoms with van der Waals surface area (Å²) in [5.74, 6) is -0.137. The zero-order valence-electron chi connectivity index (χ0n) is 11.8. The van der Waals surface area contributed by atoms with E-state index in [0.29, 0.717) is 12.2 Å². The van der Waals surface area contributed by atoms with Gasteiger partial charge in [-0.3, -0.25) is 9.78 Å². The highest BCUT2D eigenvalue weighted by atomic mass is 32.1. The molecule has 0 atom stereocenters. The zero-order chi connectivity index (χ0) is 14.4. The molecule has 0 saturated carbocycles. The van der Waals surface area contributed by atoms with E-state index in [9.17, 15) is 4.79 Å². The van der Waals surface area contributed by atoms with E-state index in [1.54, 1.807) is 23.6 Å². The van der Waals surface area contributed by atoms with E-state index in [2.05, 4.69) is 34.0 Å². The second-order valence-corrected chi connectivity index (χ2v) is 5.37. The number of rotatable bonds is 6. The van der Waals surface area contributed by atoms with Crippen LogP contribution in [0.5, 0.6) is 0 Å². The van der Waals surface area contributed by atoms with E-state index in [1.165, 1.54) is 10.4 Å². The molecule has 0 aromatic carbocycles. The van der Waals surface area contributed by atoms with Gasteiger partial charge in [-0.25, -0.2) is 0 Å². The van der Waals surface area contributed by atoms with Crippen molar-refractivity contribution < 1.29 is 4.79 Å². The lowest BCUT2D eigenvalue weighted by molar-refractivity contribution is 0.0951. The Morgan fingerprint density at radius 3 is 2.95 bits per heavy atom. The molecule has 0 aliphatic rings. The van der Waals surface area contributed by atoms with E-state index in [4.69, 9.17) is 0 Å². The van der Waals surface area contributed by atoms with Crippen molar-refractivity contribution in [2.24, 2.45) is 0 Å². The van der Waals surface area contributed by atoms with Gasteiger partial charge >= 0.3 is 0 Å². The maximum absolute atomic E-state index is 11.7. The van der Waals surface area contributed by atoms with Crippen LogP contribution in [0.15, 0.2) is 29.8 Å². The summed E-state index contributed by atoms with van der Waals surface area (Å²) in [4.78, 5) is 17.2. The predicted octanol–water partition coefficient (Wildman–Crippen LogP) is 3.07. The molecular weight excluding hydrogens is 270 g/mol. The Morgan fingerprint density at radius 2 is 2.20 bits per heavy atom. The first-order valence-electron chi connectivity index (χ1n) is 6.78. The van der Waals surface area contributed by atoms with Crippen LogP contribution in [0.4, 0.5) is 5.69 Å². The van der Waals surface area contributed by atoms with Gasteiger partial charge in [-0.05, 0) is 42.5 Å². The number of amides is 1. The molecule has 2 aromatic heterocycles. The Morgan fingerprint density at radius 1 is 1.35 bits per heavy atom. The number of pyridine rings is 1. The molecule has 0 bridgehead atoms.